The molecule has 0 spiro atoms. The van der Waals surface area contributed by atoms with Gasteiger partial charge in [-0.2, -0.15) is 0 Å². The third-order valence-electron chi connectivity index (χ3n) is 1.26. The summed E-state index contributed by atoms with van der Waals surface area (Å²) in [7, 11) is 0. The first-order chi connectivity index (χ1) is 5.65. The number of hydrogen-bond acceptors (Lipinski definition) is 2. The molecule has 0 heterocycles. The molecule has 5 heteroatoms. The number of benzene rings is 1. The lowest BCUT2D eigenvalue weighted by Crippen LogP contribution is -1.99. The average molecular weight is 191 g/mol. The standard InChI is InChI=1S/C7H4ClFO3/c8-12-6-2-1-4(9)3-5(6)7(10)11/h1-3H,(H,10,11). The van der Waals surface area contributed by atoms with Crippen LogP contribution < -0.4 is 4.29 Å². The predicted molar refractivity (Wildman–Crippen MR) is 39.8 cm³/mol. The number of carboxylic acid groups (broad SMARTS) is 1. The van der Waals surface area contributed by atoms with Crippen molar-refractivity contribution in [2.45, 2.75) is 0 Å². The van der Waals surface area contributed by atoms with Crippen molar-refractivity contribution in [3.05, 3.63) is 29.6 Å². The molecule has 1 N–H and O–H groups in total. The molecule has 0 aliphatic carbocycles. The summed E-state index contributed by atoms with van der Waals surface area (Å²) in [6.45, 7) is 0. The van der Waals surface area contributed by atoms with E-state index in [1.54, 1.807) is 0 Å². The smallest absolute Gasteiger partial charge is 0.339 e. The fourth-order valence-electron chi connectivity index (χ4n) is 0.737. The van der Waals surface area contributed by atoms with Crippen molar-refractivity contribution in [1.82, 2.24) is 0 Å². The number of carboxylic acids is 1. The Morgan fingerprint density at radius 1 is 1.58 bits per heavy atom. The molecule has 0 aliphatic heterocycles. The van der Waals surface area contributed by atoms with Crippen LogP contribution in [0.15, 0.2) is 18.2 Å². The van der Waals surface area contributed by atoms with Gasteiger partial charge in [0, 0.05) is 0 Å². The lowest BCUT2D eigenvalue weighted by Gasteiger charge is -2.00. The topological polar surface area (TPSA) is 46.5 Å². The van der Waals surface area contributed by atoms with Crippen molar-refractivity contribution in [1.29, 1.82) is 0 Å². The molecule has 0 unspecified atom stereocenters. The highest BCUT2D eigenvalue weighted by atomic mass is 35.5. The molecule has 0 radical (unpaired) electrons. The Hall–Kier alpha value is -1.29. The zero-order chi connectivity index (χ0) is 9.14. The first-order valence-corrected chi connectivity index (χ1v) is 3.27. The fraction of sp³-hybridized carbons (Fsp3) is 0. The van der Waals surface area contributed by atoms with Gasteiger partial charge in [-0.15, -0.1) is 0 Å². The quantitative estimate of drug-likeness (QED) is 0.777. The van der Waals surface area contributed by atoms with E-state index in [1.807, 2.05) is 0 Å². The minimum absolute atomic E-state index is 0.0782. The van der Waals surface area contributed by atoms with Gasteiger partial charge in [-0.25, -0.2) is 9.18 Å². The van der Waals surface area contributed by atoms with Crippen LogP contribution in [-0.4, -0.2) is 11.1 Å². The van der Waals surface area contributed by atoms with Gasteiger partial charge in [0.2, 0.25) is 0 Å². The maximum atomic E-state index is 12.5. The summed E-state index contributed by atoms with van der Waals surface area (Å²) in [6, 6.07) is 3.04. The third-order valence-corrected chi connectivity index (χ3v) is 1.42. The molecule has 12 heavy (non-hydrogen) atoms. The SMILES string of the molecule is O=C(O)c1cc(F)ccc1OCl. The summed E-state index contributed by atoms with van der Waals surface area (Å²) >= 11 is 4.94. The molecule has 0 aromatic heterocycles. The summed E-state index contributed by atoms with van der Waals surface area (Å²) in [6.07, 6.45) is 0. The Morgan fingerprint density at radius 2 is 2.25 bits per heavy atom. The van der Waals surface area contributed by atoms with Crippen molar-refractivity contribution >= 4 is 17.8 Å². The van der Waals surface area contributed by atoms with Gasteiger partial charge in [-0.1, -0.05) is 0 Å². The van der Waals surface area contributed by atoms with Gasteiger partial charge in [0.25, 0.3) is 0 Å². The van der Waals surface area contributed by atoms with Gasteiger partial charge in [-0.3, -0.25) is 0 Å². The zero-order valence-electron chi connectivity index (χ0n) is 5.75. The maximum Gasteiger partial charge on any atom is 0.339 e. The fourth-order valence-corrected chi connectivity index (χ4v) is 0.871. The molecule has 0 saturated heterocycles. The van der Waals surface area contributed by atoms with Crippen LogP contribution in [-0.2, 0) is 0 Å². The number of aromatic carboxylic acids is 1. The van der Waals surface area contributed by atoms with Crippen LogP contribution in [0.2, 0.25) is 0 Å². The van der Waals surface area contributed by atoms with Crippen LogP contribution in [0.25, 0.3) is 0 Å². The van der Waals surface area contributed by atoms with Gasteiger partial charge in [0.15, 0.2) is 5.75 Å². The van der Waals surface area contributed by atoms with Gasteiger partial charge in [-0.05, 0) is 18.2 Å². The highest BCUT2D eigenvalue weighted by molar-refractivity contribution is 6.09. The molecule has 1 aromatic rings. The van der Waals surface area contributed by atoms with Gasteiger partial charge in [0.05, 0.1) is 0 Å². The predicted octanol–water partition coefficient (Wildman–Crippen LogP) is 2.06. The second-order valence-corrected chi connectivity index (χ2v) is 2.18. The number of carbonyl (C=O) groups is 1. The van der Waals surface area contributed by atoms with E-state index in [2.05, 4.69) is 4.29 Å². The lowest BCUT2D eigenvalue weighted by atomic mass is 10.2. The highest BCUT2D eigenvalue weighted by Gasteiger charge is 2.11. The van der Waals surface area contributed by atoms with E-state index in [1.165, 1.54) is 0 Å². The van der Waals surface area contributed by atoms with Crippen LogP contribution in [0.4, 0.5) is 4.39 Å². The van der Waals surface area contributed by atoms with Crippen molar-refractivity contribution in [2.75, 3.05) is 0 Å². The number of hydrogen-bond donors (Lipinski definition) is 1. The van der Waals surface area contributed by atoms with Crippen molar-refractivity contribution in [3.8, 4) is 5.75 Å². The molecule has 0 saturated carbocycles. The van der Waals surface area contributed by atoms with E-state index in [4.69, 9.17) is 17.0 Å². The summed E-state index contributed by atoms with van der Waals surface area (Å²) in [5.74, 6) is -2.01. The first kappa shape index (κ1) is 8.80. The zero-order valence-corrected chi connectivity index (χ0v) is 6.51. The summed E-state index contributed by atoms with van der Waals surface area (Å²) < 4.78 is 16.7. The second-order valence-electron chi connectivity index (χ2n) is 2.02. The van der Waals surface area contributed by atoms with E-state index >= 15 is 0 Å². The second kappa shape index (κ2) is 3.40. The van der Waals surface area contributed by atoms with Gasteiger partial charge < -0.3 is 9.40 Å². The molecule has 3 nitrogen and oxygen atoms in total. The molecule has 0 aliphatic rings. The van der Waals surface area contributed by atoms with Crippen LogP contribution in [0.5, 0.6) is 5.75 Å². The van der Waals surface area contributed by atoms with E-state index in [9.17, 15) is 9.18 Å². The third kappa shape index (κ3) is 1.65. The molecule has 0 atom stereocenters. The van der Waals surface area contributed by atoms with Crippen LogP contribution >= 0.6 is 11.9 Å². The Labute approximate surface area is 72.5 Å². The van der Waals surface area contributed by atoms with E-state index in [0.717, 1.165) is 18.2 Å². The maximum absolute atomic E-state index is 12.5. The molecule has 0 fully saturated rings. The minimum atomic E-state index is -1.29. The van der Waals surface area contributed by atoms with E-state index in [0.29, 0.717) is 0 Å². The lowest BCUT2D eigenvalue weighted by molar-refractivity contribution is 0.0694. The molecular formula is C7H4ClFO3. The molecule has 1 aromatic carbocycles. The Morgan fingerprint density at radius 3 is 2.75 bits per heavy atom. The Kier molecular flexibility index (Phi) is 2.50. The van der Waals surface area contributed by atoms with Crippen LogP contribution in [0.3, 0.4) is 0 Å². The van der Waals surface area contributed by atoms with Crippen LogP contribution in [0, 0.1) is 5.82 Å². The van der Waals surface area contributed by atoms with E-state index < -0.39 is 11.8 Å². The highest BCUT2D eigenvalue weighted by Crippen LogP contribution is 2.20. The normalized spacial score (nSPS) is 9.50. The minimum Gasteiger partial charge on any atom is -0.478 e. The van der Waals surface area contributed by atoms with Crippen molar-refractivity contribution < 1.29 is 18.6 Å². The summed E-state index contributed by atoms with van der Waals surface area (Å²) in [5.41, 5.74) is -0.301. The largest absolute Gasteiger partial charge is 0.478 e. The molecule has 0 amide bonds. The van der Waals surface area contributed by atoms with Crippen molar-refractivity contribution in [3.63, 3.8) is 0 Å². The molecule has 0 bridgehead atoms. The average Bonchev–Trinajstić information content (AvgIpc) is 2.04. The summed E-state index contributed by atoms with van der Waals surface area (Å²) in [4.78, 5) is 10.4. The van der Waals surface area contributed by atoms with Crippen molar-refractivity contribution in [2.24, 2.45) is 0 Å². The Balaban J connectivity index is 3.21. The van der Waals surface area contributed by atoms with Gasteiger partial charge in [0.1, 0.15) is 23.2 Å². The first-order valence-electron chi connectivity index (χ1n) is 2.96. The summed E-state index contributed by atoms with van der Waals surface area (Å²) in [5, 5.41) is 8.52. The number of rotatable bonds is 2. The van der Waals surface area contributed by atoms with Crippen LogP contribution in [0.1, 0.15) is 10.4 Å². The van der Waals surface area contributed by atoms with Gasteiger partial charge >= 0.3 is 5.97 Å². The Bertz CT molecular complexity index is 314. The molecular weight excluding hydrogens is 187 g/mol. The number of halogens is 2. The van der Waals surface area contributed by atoms with E-state index in [-0.39, 0.29) is 11.3 Å². The molecule has 1 rings (SSSR count). The monoisotopic (exact) mass is 190 g/mol. The molecule has 64 valence electrons.